The van der Waals surface area contributed by atoms with Gasteiger partial charge in [-0.2, -0.15) is 0 Å². The van der Waals surface area contributed by atoms with Crippen LogP contribution in [0.25, 0.3) is 0 Å². The fourth-order valence-corrected chi connectivity index (χ4v) is 5.91. The molecule has 2 aliphatic rings. The molecule has 2 rings (SSSR count). The smallest absolute Gasteiger partial charge is 0.187 e. The maximum absolute atomic E-state index is 11.6. The van der Waals surface area contributed by atoms with E-state index in [1.807, 2.05) is 0 Å². The van der Waals surface area contributed by atoms with Gasteiger partial charge in [0.2, 0.25) is 0 Å². The lowest BCUT2D eigenvalue weighted by atomic mass is 9.72. The van der Waals surface area contributed by atoms with Crippen molar-refractivity contribution in [1.82, 2.24) is 0 Å². The molecule has 51 heavy (non-hydrogen) atoms. The Morgan fingerprint density at radius 2 is 1.73 bits per heavy atom. The largest absolute Gasteiger partial charge is 0.396 e. The van der Waals surface area contributed by atoms with Gasteiger partial charge in [0, 0.05) is 18.1 Å². The molecule has 1 saturated carbocycles. The quantitative estimate of drug-likeness (QED) is 0.0254. The Morgan fingerprint density at radius 1 is 1.06 bits per heavy atom. The summed E-state index contributed by atoms with van der Waals surface area (Å²) in [6, 6.07) is 0. The van der Waals surface area contributed by atoms with Crippen LogP contribution in [0.2, 0.25) is 0 Å². The molecule has 18 nitrogen and oxygen atoms in total. The lowest BCUT2D eigenvalue weighted by Crippen LogP contribution is -2.64. The molecule has 2 fully saturated rings. The number of aldehydes is 1. The molecule has 0 radical (unpaired) electrons. The molecular formula is C33H50O18. The first-order chi connectivity index (χ1) is 24.1. The second kappa shape index (κ2) is 20.8. The first-order valence-corrected chi connectivity index (χ1v) is 16.0. The Bertz CT molecular complexity index is 1240. The molecule has 1 saturated heterocycles. The summed E-state index contributed by atoms with van der Waals surface area (Å²) in [5, 5.41) is 125. The standard InChI is InChI=1S/C33H50O18/c1-5-8-19(39)17(6-2)24(42)31(47-10-9-34)51-30-22(15-38)48-32(27(45)26(30)44)50-28-16(12-35)11-23(33(4,46)18(28)7-3)49-29(21(41)14-37)25(43)20(40)13-36/h2,13,16-17,19-32,34-35,37-46H,3,9-12,14-15H2,1,4H3/t16?,17?,19?,20?,21-,22-,23?,24-,25?,26?,27?,28+,29+,30+,31-,32-,33-/m0/s1. The van der Waals surface area contributed by atoms with Crippen LogP contribution in [-0.2, 0) is 28.5 Å². The fraction of sp³-hybridized carbons (Fsp3) is 0.758. The summed E-state index contributed by atoms with van der Waals surface area (Å²) in [7, 11) is 0. The molecule has 1 heterocycles. The molecule has 0 aromatic rings. The van der Waals surface area contributed by atoms with Crippen molar-refractivity contribution in [3.05, 3.63) is 17.9 Å². The van der Waals surface area contributed by atoms with Gasteiger partial charge in [0.05, 0.1) is 44.6 Å². The first kappa shape index (κ1) is 44.8. The van der Waals surface area contributed by atoms with Crippen LogP contribution in [0.1, 0.15) is 20.3 Å². The van der Waals surface area contributed by atoms with Gasteiger partial charge in [-0.3, -0.25) is 0 Å². The molecule has 1 aliphatic heterocycles. The van der Waals surface area contributed by atoms with E-state index in [-0.39, 0.29) is 18.3 Å². The van der Waals surface area contributed by atoms with Crippen molar-refractivity contribution in [2.24, 2.45) is 11.8 Å². The SMILES string of the molecule is C#CC(C(O)C#CC)[C@H](O)[C@@H](OCCO)O[C@H]1C(O)C(O)[C@H](O[C@H]2C(=C=C)[C@](C)(O)C(O[C@@H](C(O)C(O)C=O)[C@@H](O)CO)CC2CO)O[C@H]1CO. The van der Waals surface area contributed by atoms with Crippen molar-refractivity contribution in [3.8, 4) is 24.2 Å². The zero-order valence-corrected chi connectivity index (χ0v) is 28.2. The van der Waals surface area contributed by atoms with Gasteiger partial charge in [-0.1, -0.05) is 18.4 Å². The minimum Gasteiger partial charge on any atom is -0.396 e. The summed E-state index contributed by atoms with van der Waals surface area (Å²) < 4.78 is 28.5. The Balaban J connectivity index is 2.37. The Hall–Kier alpha value is -2.37. The summed E-state index contributed by atoms with van der Waals surface area (Å²) in [5.41, 5.74) is 0.167. The second-order valence-electron chi connectivity index (χ2n) is 12.2. The summed E-state index contributed by atoms with van der Waals surface area (Å²) >= 11 is 0. The number of aliphatic hydroxyl groups is 12. The van der Waals surface area contributed by atoms with E-state index >= 15 is 0 Å². The third-order valence-corrected chi connectivity index (χ3v) is 8.78. The molecule has 8 unspecified atom stereocenters. The highest BCUT2D eigenvalue weighted by atomic mass is 16.7. The van der Waals surface area contributed by atoms with Gasteiger partial charge >= 0.3 is 0 Å². The van der Waals surface area contributed by atoms with E-state index in [1.54, 1.807) is 0 Å². The average molecular weight is 735 g/mol. The van der Waals surface area contributed by atoms with Crippen LogP contribution in [0.15, 0.2) is 17.9 Å². The number of hydrogen-bond acceptors (Lipinski definition) is 18. The lowest BCUT2D eigenvalue weighted by Gasteiger charge is -2.49. The number of hydrogen-bond donors (Lipinski definition) is 12. The monoisotopic (exact) mass is 734 g/mol. The third-order valence-electron chi connectivity index (χ3n) is 8.78. The summed E-state index contributed by atoms with van der Waals surface area (Å²) in [6.45, 7) is 2.73. The predicted octanol–water partition coefficient (Wildman–Crippen LogP) is -5.97. The second-order valence-corrected chi connectivity index (χ2v) is 12.2. The van der Waals surface area contributed by atoms with Crippen molar-refractivity contribution in [3.63, 3.8) is 0 Å². The minimum atomic E-state index is -2.13. The van der Waals surface area contributed by atoms with Gasteiger partial charge in [-0.05, 0) is 20.3 Å². The van der Waals surface area contributed by atoms with Crippen molar-refractivity contribution in [1.29, 1.82) is 0 Å². The van der Waals surface area contributed by atoms with E-state index in [1.165, 1.54) is 13.8 Å². The fourth-order valence-electron chi connectivity index (χ4n) is 5.91. The normalized spacial score (nSPS) is 34.3. The predicted molar refractivity (Wildman–Crippen MR) is 170 cm³/mol. The van der Waals surface area contributed by atoms with E-state index < -0.39 is 136 Å². The highest BCUT2D eigenvalue weighted by Gasteiger charge is 2.54. The van der Waals surface area contributed by atoms with Gasteiger partial charge in [0.25, 0.3) is 0 Å². The number of aliphatic hydroxyl groups excluding tert-OH is 11. The topological polar surface area (TPSA) is 306 Å². The minimum absolute atomic E-state index is 0.0234. The molecule has 17 atom stereocenters. The Kier molecular flexibility index (Phi) is 18.2. The number of ether oxygens (including phenoxy) is 5. The van der Waals surface area contributed by atoms with Gasteiger partial charge in [0.1, 0.15) is 66.6 Å². The number of terminal acetylenes is 1. The molecule has 0 bridgehead atoms. The van der Waals surface area contributed by atoms with E-state index in [9.17, 15) is 66.1 Å². The summed E-state index contributed by atoms with van der Waals surface area (Å²) in [5.74, 6) is 4.60. The molecule has 0 aromatic heterocycles. The highest BCUT2D eigenvalue weighted by Crippen LogP contribution is 2.42. The van der Waals surface area contributed by atoms with Gasteiger partial charge < -0.3 is 89.8 Å². The lowest BCUT2D eigenvalue weighted by molar-refractivity contribution is -0.345. The molecule has 0 amide bonds. The molecule has 18 heteroatoms. The van der Waals surface area contributed by atoms with E-state index in [4.69, 9.17) is 30.1 Å². The molecule has 290 valence electrons. The van der Waals surface area contributed by atoms with E-state index in [2.05, 4.69) is 30.1 Å². The molecule has 12 N–H and O–H groups in total. The Labute approximate surface area is 294 Å². The maximum atomic E-state index is 11.6. The van der Waals surface area contributed by atoms with Crippen LogP contribution in [-0.4, -0.2) is 192 Å². The zero-order valence-electron chi connectivity index (χ0n) is 28.2. The van der Waals surface area contributed by atoms with Crippen LogP contribution in [0.4, 0.5) is 0 Å². The number of carbonyl (C=O) groups excluding carboxylic acids is 1. The van der Waals surface area contributed by atoms with Gasteiger partial charge in [0.15, 0.2) is 18.9 Å². The number of carbonyl (C=O) groups is 1. The van der Waals surface area contributed by atoms with Crippen LogP contribution < -0.4 is 0 Å². The van der Waals surface area contributed by atoms with Crippen LogP contribution in [0.5, 0.6) is 0 Å². The van der Waals surface area contributed by atoms with E-state index in [0.717, 1.165) is 0 Å². The average Bonchev–Trinajstić information content (AvgIpc) is 3.11. The van der Waals surface area contributed by atoms with Crippen LogP contribution in [0, 0.1) is 36.0 Å². The van der Waals surface area contributed by atoms with Gasteiger partial charge in [-0.25, -0.2) is 0 Å². The number of rotatable bonds is 19. The van der Waals surface area contributed by atoms with Crippen LogP contribution in [0.3, 0.4) is 0 Å². The van der Waals surface area contributed by atoms with Crippen molar-refractivity contribution >= 4 is 6.29 Å². The summed E-state index contributed by atoms with van der Waals surface area (Å²) in [4.78, 5) is 11.1. The van der Waals surface area contributed by atoms with Crippen molar-refractivity contribution in [2.45, 2.75) is 112 Å². The maximum Gasteiger partial charge on any atom is 0.187 e. The Morgan fingerprint density at radius 3 is 2.24 bits per heavy atom. The van der Waals surface area contributed by atoms with Crippen LogP contribution >= 0.6 is 0 Å². The zero-order chi connectivity index (χ0) is 38.6. The first-order valence-electron chi connectivity index (χ1n) is 16.0. The van der Waals surface area contributed by atoms with Crippen molar-refractivity contribution < 1.29 is 89.8 Å². The molecule has 0 spiro atoms. The highest BCUT2D eigenvalue weighted by molar-refractivity contribution is 5.56. The molecule has 1 aliphatic carbocycles. The third kappa shape index (κ3) is 10.6. The summed E-state index contributed by atoms with van der Waals surface area (Å²) in [6.07, 6.45) is -19.3. The molecule has 0 aromatic carbocycles. The van der Waals surface area contributed by atoms with Crippen molar-refractivity contribution in [2.75, 3.05) is 33.0 Å². The van der Waals surface area contributed by atoms with Gasteiger partial charge in [-0.15, -0.1) is 18.1 Å². The molecular weight excluding hydrogens is 684 g/mol. The van der Waals surface area contributed by atoms with E-state index in [0.29, 0.717) is 0 Å².